The maximum Gasteiger partial charge on any atom is 0.0683 e. The molecule has 2 nitrogen and oxygen atoms in total. The molecule has 1 aliphatic rings. The molecule has 0 bridgehead atoms. The van der Waals surface area contributed by atoms with E-state index in [9.17, 15) is 0 Å². The SMILES string of the molecule is OCCC1COC/C1=C/c1ccc(Br)cc1. The first-order valence-corrected chi connectivity index (χ1v) is 6.23. The lowest BCUT2D eigenvalue weighted by molar-refractivity contribution is 0.176. The molecule has 1 saturated heterocycles. The third-order valence-electron chi connectivity index (χ3n) is 2.81. The quantitative estimate of drug-likeness (QED) is 0.924. The van der Waals surface area contributed by atoms with Gasteiger partial charge in [-0.3, -0.25) is 0 Å². The minimum absolute atomic E-state index is 0.228. The molecule has 0 amide bonds. The standard InChI is InChI=1S/C13H15BrO2/c14-13-3-1-10(2-4-13)7-12-9-16-8-11(12)5-6-15/h1-4,7,11,15H,5-6,8-9H2/b12-7-. The van der Waals surface area contributed by atoms with Crippen LogP contribution in [0.25, 0.3) is 6.08 Å². The van der Waals surface area contributed by atoms with Gasteiger partial charge in [0.2, 0.25) is 0 Å². The molecule has 86 valence electrons. The molecule has 2 rings (SSSR count). The van der Waals surface area contributed by atoms with E-state index in [1.165, 1.54) is 11.1 Å². The fourth-order valence-corrected chi connectivity index (χ4v) is 2.17. The average Bonchev–Trinajstić information content (AvgIpc) is 2.70. The molecule has 1 N–H and O–H groups in total. The molecule has 1 fully saturated rings. The molecular weight excluding hydrogens is 268 g/mol. The number of hydrogen-bond donors (Lipinski definition) is 1. The van der Waals surface area contributed by atoms with Crippen molar-refractivity contribution in [1.82, 2.24) is 0 Å². The summed E-state index contributed by atoms with van der Waals surface area (Å²) in [6.07, 6.45) is 2.96. The van der Waals surface area contributed by atoms with Crippen LogP contribution in [0.5, 0.6) is 0 Å². The number of hydrogen-bond acceptors (Lipinski definition) is 2. The summed E-state index contributed by atoms with van der Waals surface area (Å²) in [5, 5.41) is 8.96. The summed E-state index contributed by atoms with van der Waals surface area (Å²) in [6, 6.07) is 8.21. The Labute approximate surface area is 104 Å². The molecule has 0 aliphatic carbocycles. The maximum atomic E-state index is 8.96. The Morgan fingerprint density at radius 2 is 2.12 bits per heavy atom. The third-order valence-corrected chi connectivity index (χ3v) is 3.34. The van der Waals surface area contributed by atoms with Crippen LogP contribution in [0.4, 0.5) is 0 Å². The summed E-state index contributed by atoms with van der Waals surface area (Å²) in [4.78, 5) is 0. The van der Waals surface area contributed by atoms with Crippen molar-refractivity contribution in [3.8, 4) is 0 Å². The van der Waals surface area contributed by atoms with Crippen LogP contribution >= 0.6 is 15.9 Å². The zero-order valence-electron chi connectivity index (χ0n) is 9.03. The van der Waals surface area contributed by atoms with Crippen molar-refractivity contribution in [2.75, 3.05) is 19.8 Å². The van der Waals surface area contributed by atoms with Gasteiger partial charge in [0.05, 0.1) is 13.2 Å². The summed E-state index contributed by atoms with van der Waals surface area (Å²) in [6.45, 7) is 1.66. The Kier molecular flexibility index (Phi) is 4.16. The van der Waals surface area contributed by atoms with Crippen molar-refractivity contribution in [1.29, 1.82) is 0 Å². The van der Waals surface area contributed by atoms with Crippen molar-refractivity contribution < 1.29 is 9.84 Å². The van der Waals surface area contributed by atoms with E-state index in [2.05, 4.69) is 34.1 Å². The molecular formula is C13H15BrO2. The van der Waals surface area contributed by atoms with Gasteiger partial charge in [0.25, 0.3) is 0 Å². The summed E-state index contributed by atoms with van der Waals surface area (Å²) >= 11 is 3.42. The lowest BCUT2D eigenvalue weighted by atomic mass is 9.97. The highest BCUT2D eigenvalue weighted by Gasteiger charge is 2.20. The van der Waals surface area contributed by atoms with Crippen LogP contribution in [-0.4, -0.2) is 24.9 Å². The highest BCUT2D eigenvalue weighted by Crippen LogP contribution is 2.25. The van der Waals surface area contributed by atoms with Gasteiger partial charge in [0, 0.05) is 17.0 Å². The zero-order valence-corrected chi connectivity index (χ0v) is 10.6. The Morgan fingerprint density at radius 3 is 2.81 bits per heavy atom. The lowest BCUT2D eigenvalue weighted by Gasteiger charge is -2.07. The van der Waals surface area contributed by atoms with Gasteiger partial charge in [-0.2, -0.15) is 0 Å². The van der Waals surface area contributed by atoms with Crippen molar-refractivity contribution in [3.05, 3.63) is 39.9 Å². The van der Waals surface area contributed by atoms with Gasteiger partial charge < -0.3 is 9.84 Å². The van der Waals surface area contributed by atoms with E-state index in [0.717, 1.165) is 17.5 Å². The molecule has 0 saturated carbocycles. The molecule has 1 unspecified atom stereocenters. The zero-order chi connectivity index (χ0) is 11.4. The number of aliphatic hydroxyl groups is 1. The molecule has 1 atom stereocenters. The van der Waals surface area contributed by atoms with Gasteiger partial charge in [-0.15, -0.1) is 0 Å². The van der Waals surface area contributed by atoms with Gasteiger partial charge in [-0.25, -0.2) is 0 Å². The largest absolute Gasteiger partial charge is 0.396 e. The normalized spacial score (nSPS) is 22.9. The summed E-state index contributed by atoms with van der Waals surface area (Å²) in [5.74, 6) is 0.383. The van der Waals surface area contributed by atoms with Gasteiger partial charge in [-0.05, 0) is 29.7 Å². The van der Waals surface area contributed by atoms with Crippen LogP contribution in [-0.2, 0) is 4.74 Å². The molecule has 3 heteroatoms. The molecule has 16 heavy (non-hydrogen) atoms. The highest BCUT2D eigenvalue weighted by atomic mass is 79.9. The fourth-order valence-electron chi connectivity index (χ4n) is 1.90. The van der Waals surface area contributed by atoms with Crippen molar-refractivity contribution >= 4 is 22.0 Å². The topological polar surface area (TPSA) is 29.5 Å². The fraction of sp³-hybridized carbons (Fsp3) is 0.385. The molecule has 0 radical (unpaired) electrons. The Bertz CT molecular complexity index is 370. The van der Waals surface area contributed by atoms with Gasteiger partial charge >= 0.3 is 0 Å². The average molecular weight is 283 g/mol. The molecule has 0 spiro atoms. The van der Waals surface area contributed by atoms with E-state index in [1.807, 2.05) is 12.1 Å². The minimum atomic E-state index is 0.228. The predicted octanol–water partition coefficient (Wildman–Crippen LogP) is 2.86. The summed E-state index contributed by atoms with van der Waals surface area (Å²) in [7, 11) is 0. The maximum absolute atomic E-state index is 8.96. The second-order valence-electron chi connectivity index (χ2n) is 4.00. The monoisotopic (exact) mass is 282 g/mol. The van der Waals surface area contributed by atoms with Gasteiger partial charge in [0.1, 0.15) is 0 Å². The van der Waals surface area contributed by atoms with Crippen LogP contribution in [0, 0.1) is 5.92 Å². The second kappa shape index (κ2) is 5.62. The third kappa shape index (κ3) is 2.94. The highest BCUT2D eigenvalue weighted by molar-refractivity contribution is 9.10. The number of rotatable bonds is 3. The molecule has 0 aromatic heterocycles. The van der Waals surface area contributed by atoms with Crippen LogP contribution < -0.4 is 0 Å². The molecule has 1 heterocycles. The first-order valence-electron chi connectivity index (χ1n) is 5.44. The first-order chi connectivity index (χ1) is 7.79. The number of ether oxygens (including phenoxy) is 1. The van der Waals surface area contributed by atoms with Crippen molar-refractivity contribution in [2.45, 2.75) is 6.42 Å². The predicted molar refractivity (Wildman–Crippen MR) is 68.1 cm³/mol. The Hall–Kier alpha value is -0.640. The Balaban J connectivity index is 2.13. The van der Waals surface area contributed by atoms with Crippen LogP contribution in [0.15, 0.2) is 34.3 Å². The van der Waals surface area contributed by atoms with E-state index in [-0.39, 0.29) is 6.61 Å². The van der Waals surface area contributed by atoms with Gasteiger partial charge in [-0.1, -0.05) is 34.1 Å². The number of halogens is 1. The lowest BCUT2D eigenvalue weighted by Crippen LogP contribution is -2.04. The van der Waals surface area contributed by atoms with E-state index in [4.69, 9.17) is 9.84 Å². The number of benzene rings is 1. The van der Waals surface area contributed by atoms with Crippen LogP contribution in [0.3, 0.4) is 0 Å². The summed E-state index contributed by atoms with van der Waals surface area (Å²) < 4.78 is 6.52. The van der Waals surface area contributed by atoms with Crippen molar-refractivity contribution in [2.24, 2.45) is 5.92 Å². The van der Waals surface area contributed by atoms with E-state index in [1.54, 1.807) is 0 Å². The van der Waals surface area contributed by atoms with E-state index >= 15 is 0 Å². The smallest absolute Gasteiger partial charge is 0.0683 e. The van der Waals surface area contributed by atoms with E-state index in [0.29, 0.717) is 12.5 Å². The van der Waals surface area contributed by atoms with E-state index < -0.39 is 0 Å². The molecule has 1 aliphatic heterocycles. The van der Waals surface area contributed by atoms with Crippen molar-refractivity contribution in [3.63, 3.8) is 0 Å². The van der Waals surface area contributed by atoms with Crippen LogP contribution in [0.1, 0.15) is 12.0 Å². The summed E-state index contributed by atoms with van der Waals surface area (Å²) in [5.41, 5.74) is 2.48. The molecule has 1 aromatic rings. The minimum Gasteiger partial charge on any atom is -0.396 e. The molecule has 1 aromatic carbocycles. The first kappa shape index (κ1) is 11.8. The van der Waals surface area contributed by atoms with Gasteiger partial charge in [0.15, 0.2) is 0 Å². The second-order valence-corrected chi connectivity index (χ2v) is 4.91. The van der Waals surface area contributed by atoms with Crippen LogP contribution in [0.2, 0.25) is 0 Å². The number of aliphatic hydroxyl groups excluding tert-OH is 1. The Morgan fingerprint density at radius 1 is 1.38 bits per heavy atom.